The van der Waals surface area contributed by atoms with Gasteiger partial charge in [0.05, 0.1) is 30.2 Å². The second kappa shape index (κ2) is 8.32. The van der Waals surface area contributed by atoms with Crippen LogP contribution in [0.1, 0.15) is 42.7 Å². The summed E-state index contributed by atoms with van der Waals surface area (Å²) in [6.45, 7) is 7.52. The number of fused-ring (bicyclic) bond motifs is 1. The maximum absolute atomic E-state index is 12.5. The Kier molecular flexibility index (Phi) is 5.42. The molecule has 0 aliphatic rings. The van der Waals surface area contributed by atoms with Crippen molar-refractivity contribution in [2.45, 2.75) is 39.9 Å². The molecule has 0 bridgehead atoms. The fourth-order valence-electron chi connectivity index (χ4n) is 3.12. The predicted octanol–water partition coefficient (Wildman–Crippen LogP) is 3.49. The predicted molar refractivity (Wildman–Crippen MR) is 115 cm³/mol. The summed E-state index contributed by atoms with van der Waals surface area (Å²) in [6, 6.07) is 7.68. The first-order chi connectivity index (χ1) is 14.6. The number of rotatable bonds is 7. The topological polar surface area (TPSA) is 103 Å². The number of hydrogen-bond acceptors (Lipinski definition) is 6. The summed E-state index contributed by atoms with van der Waals surface area (Å²) in [5, 5.41) is 14.8. The number of benzene rings is 1. The van der Waals surface area contributed by atoms with E-state index in [1.165, 1.54) is 0 Å². The van der Waals surface area contributed by atoms with Gasteiger partial charge in [-0.3, -0.25) is 14.2 Å². The van der Waals surface area contributed by atoms with E-state index in [1.54, 1.807) is 23.3 Å². The Morgan fingerprint density at radius 1 is 1.13 bits per heavy atom. The zero-order valence-electron chi connectivity index (χ0n) is 17.2. The summed E-state index contributed by atoms with van der Waals surface area (Å²) in [5.41, 5.74) is 3.65. The third-order valence-electron chi connectivity index (χ3n) is 4.83. The highest BCUT2D eigenvalue weighted by atomic mass is 16.1. The molecule has 1 amide bonds. The number of carbonyl (C=O) groups is 1. The number of nitrogens with one attached hydrogen (secondary N) is 2. The minimum atomic E-state index is -0.185. The summed E-state index contributed by atoms with van der Waals surface area (Å²) in [5.74, 6) is 0.466. The molecule has 2 N–H and O–H groups in total. The zero-order chi connectivity index (χ0) is 21.1. The Hall–Kier alpha value is -3.75. The average Bonchev–Trinajstić information content (AvgIpc) is 3.40. The molecule has 154 valence electrons. The van der Waals surface area contributed by atoms with Crippen molar-refractivity contribution in [1.82, 2.24) is 29.5 Å². The van der Waals surface area contributed by atoms with Crippen molar-refractivity contribution in [2.75, 3.05) is 10.6 Å². The first kappa shape index (κ1) is 19.6. The Morgan fingerprint density at radius 2 is 1.97 bits per heavy atom. The lowest BCUT2D eigenvalue weighted by molar-refractivity contribution is 0.102. The third kappa shape index (κ3) is 4.14. The van der Waals surface area contributed by atoms with Gasteiger partial charge in [0.1, 0.15) is 11.3 Å². The van der Waals surface area contributed by atoms with Gasteiger partial charge in [-0.05, 0) is 38.5 Å². The fourth-order valence-corrected chi connectivity index (χ4v) is 3.12. The van der Waals surface area contributed by atoms with Gasteiger partial charge in [-0.1, -0.05) is 12.1 Å². The Labute approximate surface area is 174 Å². The van der Waals surface area contributed by atoms with E-state index in [4.69, 9.17) is 0 Å². The molecule has 30 heavy (non-hydrogen) atoms. The summed E-state index contributed by atoms with van der Waals surface area (Å²) in [4.78, 5) is 21.4. The van der Waals surface area contributed by atoms with Gasteiger partial charge in [0, 0.05) is 25.0 Å². The van der Waals surface area contributed by atoms with Gasteiger partial charge in [0.25, 0.3) is 5.91 Å². The Balaban J connectivity index is 1.46. The molecule has 0 saturated carbocycles. The van der Waals surface area contributed by atoms with Crippen LogP contribution in [0.2, 0.25) is 0 Å². The molecular weight excluding hydrogens is 380 g/mol. The highest BCUT2D eigenvalue weighted by Gasteiger charge is 2.12. The molecule has 0 aliphatic carbocycles. The number of anilines is 2. The van der Waals surface area contributed by atoms with Crippen LogP contribution in [-0.4, -0.2) is 35.4 Å². The lowest BCUT2D eigenvalue weighted by atomic mass is 10.1. The van der Waals surface area contributed by atoms with E-state index in [-0.39, 0.29) is 11.9 Å². The quantitative estimate of drug-likeness (QED) is 0.489. The van der Waals surface area contributed by atoms with Crippen LogP contribution < -0.4 is 10.6 Å². The van der Waals surface area contributed by atoms with Gasteiger partial charge in [-0.15, -0.1) is 0 Å². The normalized spacial score (nSPS) is 12.1. The fraction of sp³-hybridized carbons (Fsp3) is 0.286. The van der Waals surface area contributed by atoms with Crippen molar-refractivity contribution in [3.63, 3.8) is 0 Å². The van der Waals surface area contributed by atoms with Crippen molar-refractivity contribution in [1.29, 1.82) is 0 Å². The summed E-state index contributed by atoms with van der Waals surface area (Å²) in [6.07, 6.45) is 6.89. The van der Waals surface area contributed by atoms with Crippen LogP contribution in [0.15, 0.2) is 49.1 Å². The van der Waals surface area contributed by atoms with Gasteiger partial charge in [-0.2, -0.15) is 10.2 Å². The molecule has 0 fully saturated rings. The molecule has 1 aromatic carbocycles. The maximum atomic E-state index is 12.5. The molecule has 4 aromatic rings. The highest BCUT2D eigenvalue weighted by molar-refractivity contribution is 6.03. The number of aromatic nitrogens is 6. The van der Waals surface area contributed by atoms with E-state index in [1.807, 2.05) is 55.9 Å². The smallest absolute Gasteiger partial charge is 0.258 e. The molecule has 4 rings (SSSR count). The summed E-state index contributed by atoms with van der Waals surface area (Å²) >= 11 is 0. The van der Waals surface area contributed by atoms with E-state index >= 15 is 0 Å². The first-order valence-electron chi connectivity index (χ1n) is 9.96. The molecule has 0 radical (unpaired) electrons. The average molecular weight is 404 g/mol. The molecule has 3 aromatic heterocycles. The lowest BCUT2D eigenvalue weighted by Crippen LogP contribution is -2.12. The van der Waals surface area contributed by atoms with E-state index in [0.717, 1.165) is 29.9 Å². The van der Waals surface area contributed by atoms with Gasteiger partial charge < -0.3 is 10.6 Å². The molecule has 3 heterocycles. The minimum Gasteiger partial charge on any atom is -0.362 e. The highest BCUT2D eigenvalue weighted by Crippen LogP contribution is 2.22. The monoisotopic (exact) mass is 404 g/mol. The molecule has 1 atom stereocenters. The van der Waals surface area contributed by atoms with Gasteiger partial charge in [0.15, 0.2) is 0 Å². The van der Waals surface area contributed by atoms with Crippen LogP contribution in [0, 0.1) is 0 Å². The molecule has 0 aliphatic heterocycles. The van der Waals surface area contributed by atoms with Crippen LogP contribution in [-0.2, 0) is 13.1 Å². The number of amides is 1. The number of hydrogen-bond donors (Lipinski definition) is 2. The lowest BCUT2D eigenvalue weighted by Gasteiger charge is -2.16. The van der Waals surface area contributed by atoms with E-state index < -0.39 is 0 Å². The number of nitrogens with zero attached hydrogens (tertiary/aromatic N) is 6. The van der Waals surface area contributed by atoms with Gasteiger partial charge in [0.2, 0.25) is 5.65 Å². The minimum absolute atomic E-state index is 0.0373. The van der Waals surface area contributed by atoms with Gasteiger partial charge >= 0.3 is 0 Å². The standard InChI is InChI=1S/C21H24N8O/c1-4-28-12-16(10-23-28)21(30)25-17-8-6-7-15(9-17)14(3)24-19-11-22-18-13-29(5-2)27-20(18)26-19/h6-14H,4-5H2,1-3H3,(H,25,30)(H,24,26,27)/t14-/m0/s1. The van der Waals surface area contributed by atoms with E-state index in [2.05, 4.69) is 30.8 Å². The van der Waals surface area contributed by atoms with Crippen molar-refractivity contribution in [3.05, 3.63) is 60.2 Å². The van der Waals surface area contributed by atoms with Crippen molar-refractivity contribution in [2.24, 2.45) is 0 Å². The Bertz CT molecular complexity index is 1180. The third-order valence-corrected chi connectivity index (χ3v) is 4.83. The van der Waals surface area contributed by atoms with Crippen LogP contribution in [0.25, 0.3) is 11.2 Å². The van der Waals surface area contributed by atoms with Crippen LogP contribution >= 0.6 is 0 Å². The largest absolute Gasteiger partial charge is 0.362 e. The van der Waals surface area contributed by atoms with Crippen LogP contribution in [0.4, 0.5) is 11.5 Å². The van der Waals surface area contributed by atoms with Gasteiger partial charge in [-0.25, -0.2) is 9.97 Å². The summed E-state index contributed by atoms with van der Waals surface area (Å²) < 4.78 is 3.53. The SMILES string of the molecule is CCn1cc(C(=O)Nc2cccc([C@H](C)Nc3cnc4cn(CC)nc4n3)c2)cn1. The van der Waals surface area contributed by atoms with Crippen molar-refractivity contribution >= 4 is 28.6 Å². The summed E-state index contributed by atoms with van der Waals surface area (Å²) in [7, 11) is 0. The number of aryl methyl sites for hydroxylation is 2. The second-order valence-corrected chi connectivity index (χ2v) is 6.98. The van der Waals surface area contributed by atoms with Crippen LogP contribution in [0.3, 0.4) is 0 Å². The molecule has 0 spiro atoms. The molecular formula is C21H24N8O. The zero-order valence-corrected chi connectivity index (χ0v) is 17.2. The van der Waals surface area contributed by atoms with Crippen LogP contribution in [0.5, 0.6) is 0 Å². The number of carbonyl (C=O) groups excluding carboxylic acids is 1. The van der Waals surface area contributed by atoms with Crippen molar-refractivity contribution < 1.29 is 4.79 Å². The molecule has 0 saturated heterocycles. The molecule has 9 nitrogen and oxygen atoms in total. The first-order valence-corrected chi connectivity index (χ1v) is 9.96. The van der Waals surface area contributed by atoms with E-state index in [9.17, 15) is 4.79 Å². The molecule has 0 unspecified atom stereocenters. The van der Waals surface area contributed by atoms with E-state index in [0.29, 0.717) is 17.0 Å². The van der Waals surface area contributed by atoms with Crippen molar-refractivity contribution in [3.8, 4) is 0 Å². The Morgan fingerprint density at radius 3 is 2.73 bits per heavy atom. The maximum Gasteiger partial charge on any atom is 0.258 e. The second-order valence-electron chi connectivity index (χ2n) is 6.98. The molecule has 9 heteroatoms.